The Morgan fingerprint density at radius 1 is 1.24 bits per heavy atom. The van der Waals surface area contributed by atoms with Gasteiger partial charge in [0.1, 0.15) is 5.75 Å². The number of hydrogen-bond donors (Lipinski definition) is 0. The van der Waals surface area contributed by atoms with Crippen LogP contribution in [0.25, 0.3) is 10.2 Å². The highest BCUT2D eigenvalue weighted by Gasteiger charge is 2.31. The smallest absolute Gasteiger partial charge is 0.406 e. The summed E-state index contributed by atoms with van der Waals surface area (Å²) in [7, 11) is 0. The highest BCUT2D eigenvalue weighted by molar-refractivity contribution is 7.22. The fourth-order valence-corrected chi connectivity index (χ4v) is 2.63. The van der Waals surface area contributed by atoms with Crippen LogP contribution in [-0.4, -0.2) is 24.4 Å². The highest BCUT2D eigenvalue weighted by atomic mass is 32.1. The van der Waals surface area contributed by atoms with Gasteiger partial charge in [-0.05, 0) is 12.1 Å². The van der Waals surface area contributed by atoms with Gasteiger partial charge in [-0.15, -0.1) is 26.0 Å². The Hall–Kier alpha value is -2.38. The summed E-state index contributed by atoms with van der Waals surface area (Å²) in [4.78, 5) is 5.99. The van der Waals surface area contributed by atoms with E-state index in [0.29, 0.717) is 15.3 Å². The molecule has 2 aromatic rings. The van der Waals surface area contributed by atoms with Crippen molar-refractivity contribution in [1.29, 1.82) is 0 Å². The van der Waals surface area contributed by atoms with Crippen LogP contribution in [0.4, 0.5) is 18.3 Å². The second kappa shape index (κ2) is 5.94. The van der Waals surface area contributed by atoms with Crippen molar-refractivity contribution in [3.8, 4) is 30.4 Å². The van der Waals surface area contributed by atoms with E-state index in [-0.39, 0.29) is 18.8 Å². The maximum atomic E-state index is 12.2. The molecule has 21 heavy (non-hydrogen) atoms. The number of rotatable bonds is 4. The molecule has 0 atom stereocenters. The summed E-state index contributed by atoms with van der Waals surface area (Å²) in [6.45, 7) is 0.547. The Kier molecular flexibility index (Phi) is 4.25. The van der Waals surface area contributed by atoms with E-state index in [0.717, 1.165) is 0 Å². The fourth-order valence-electron chi connectivity index (χ4n) is 1.64. The molecule has 0 unspecified atom stereocenters. The quantitative estimate of drug-likeness (QED) is 0.811. The third kappa shape index (κ3) is 3.80. The van der Waals surface area contributed by atoms with Gasteiger partial charge in [0.15, 0.2) is 5.13 Å². The van der Waals surface area contributed by atoms with E-state index in [1.54, 1.807) is 4.90 Å². The van der Waals surface area contributed by atoms with Gasteiger partial charge in [-0.25, -0.2) is 4.98 Å². The lowest BCUT2D eigenvalue weighted by atomic mass is 10.3. The Labute approximate surface area is 123 Å². The molecule has 2 rings (SSSR count). The van der Waals surface area contributed by atoms with Crippen LogP contribution in [-0.2, 0) is 0 Å². The van der Waals surface area contributed by atoms with Crippen molar-refractivity contribution in [3.05, 3.63) is 18.2 Å². The van der Waals surface area contributed by atoms with Gasteiger partial charge in [-0.3, -0.25) is 0 Å². The number of fused-ring (bicyclic) bond motifs is 1. The van der Waals surface area contributed by atoms with Gasteiger partial charge in [0, 0.05) is 6.07 Å². The molecule has 1 heterocycles. The van der Waals surface area contributed by atoms with E-state index in [1.807, 2.05) is 0 Å². The van der Waals surface area contributed by atoms with E-state index in [9.17, 15) is 13.2 Å². The third-order valence-corrected chi connectivity index (χ3v) is 3.50. The minimum atomic E-state index is -4.72. The molecule has 108 valence electrons. The second-order valence-electron chi connectivity index (χ2n) is 3.94. The topological polar surface area (TPSA) is 25.4 Å². The van der Waals surface area contributed by atoms with E-state index >= 15 is 0 Å². The lowest BCUT2D eigenvalue weighted by Gasteiger charge is -2.14. The molecule has 0 amide bonds. The summed E-state index contributed by atoms with van der Waals surface area (Å²) >= 11 is 1.20. The average molecular weight is 310 g/mol. The lowest BCUT2D eigenvalue weighted by molar-refractivity contribution is -0.274. The number of thiazole rings is 1. The number of aromatic nitrogens is 1. The molecule has 0 radical (unpaired) electrons. The van der Waals surface area contributed by atoms with Crippen molar-refractivity contribution in [2.24, 2.45) is 0 Å². The van der Waals surface area contributed by atoms with Crippen LogP contribution in [0.3, 0.4) is 0 Å². The fraction of sp³-hybridized carbons (Fsp3) is 0.214. The van der Waals surface area contributed by atoms with Gasteiger partial charge < -0.3 is 9.64 Å². The first-order valence-corrected chi connectivity index (χ1v) is 6.53. The van der Waals surface area contributed by atoms with E-state index in [1.165, 1.54) is 29.5 Å². The predicted molar refractivity (Wildman–Crippen MR) is 76.2 cm³/mol. The minimum absolute atomic E-state index is 0.274. The van der Waals surface area contributed by atoms with E-state index in [2.05, 4.69) is 21.6 Å². The zero-order valence-corrected chi connectivity index (χ0v) is 11.5. The first-order chi connectivity index (χ1) is 9.93. The summed E-state index contributed by atoms with van der Waals surface area (Å²) in [5, 5.41) is 0.560. The summed E-state index contributed by atoms with van der Waals surface area (Å²) in [6.07, 6.45) is 5.79. The van der Waals surface area contributed by atoms with Crippen LogP contribution in [0, 0.1) is 24.7 Å². The molecule has 0 saturated carbocycles. The normalized spacial score (nSPS) is 10.9. The molecule has 0 aliphatic heterocycles. The van der Waals surface area contributed by atoms with Crippen LogP contribution in [0.15, 0.2) is 18.2 Å². The number of benzene rings is 1. The molecule has 7 heteroatoms. The van der Waals surface area contributed by atoms with Gasteiger partial charge in [0.25, 0.3) is 0 Å². The molecule has 0 spiro atoms. The number of ether oxygens (including phenoxy) is 1. The summed E-state index contributed by atoms with van der Waals surface area (Å²) in [5.74, 6) is 4.64. The number of terminal acetylenes is 2. The molecule has 0 N–H and O–H groups in total. The van der Waals surface area contributed by atoms with Crippen molar-refractivity contribution in [2.75, 3.05) is 18.0 Å². The standard InChI is InChI=1S/C14H9F3N2OS/c1-3-7-19(8-4-2)13-18-11-6-5-10(9-12(11)21-13)20-14(15,16)17/h1-2,5-6,9H,7-8H2. The molecule has 1 aromatic carbocycles. The van der Waals surface area contributed by atoms with Crippen LogP contribution in [0.1, 0.15) is 0 Å². The first-order valence-electron chi connectivity index (χ1n) is 5.71. The van der Waals surface area contributed by atoms with Crippen LogP contribution in [0.2, 0.25) is 0 Å². The summed E-state index contributed by atoms with van der Waals surface area (Å²) < 4.78 is 41.0. The Bertz CT molecular complexity index is 708. The predicted octanol–water partition coefficient (Wildman–Crippen LogP) is 3.27. The van der Waals surface area contributed by atoms with Gasteiger partial charge >= 0.3 is 6.36 Å². The van der Waals surface area contributed by atoms with Crippen LogP contribution in [0.5, 0.6) is 5.75 Å². The first kappa shape index (κ1) is 15.0. The van der Waals surface area contributed by atoms with Gasteiger partial charge in [-0.2, -0.15) is 0 Å². The van der Waals surface area contributed by atoms with Crippen molar-refractivity contribution in [2.45, 2.75) is 6.36 Å². The zero-order chi connectivity index (χ0) is 15.5. The highest BCUT2D eigenvalue weighted by Crippen LogP contribution is 2.33. The van der Waals surface area contributed by atoms with Gasteiger partial charge in [0.05, 0.1) is 23.3 Å². The monoisotopic (exact) mass is 310 g/mol. The third-order valence-electron chi connectivity index (χ3n) is 2.42. The number of halogens is 3. The average Bonchev–Trinajstić information content (AvgIpc) is 2.79. The molecule has 0 saturated heterocycles. The Balaban J connectivity index is 2.33. The van der Waals surface area contributed by atoms with Crippen molar-refractivity contribution in [3.63, 3.8) is 0 Å². The maximum absolute atomic E-state index is 12.2. The molecule has 3 nitrogen and oxygen atoms in total. The van der Waals surface area contributed by atoms with Crippen LogP contribution >= 0.6 is 11.3 Å². The number of alkyl halides is 3. The Morgan fingerprint density at radius 3 is 2.48 bits per heavy atom. The largest absolute Gasteiger partial charge is 0.573 e. The number of hydrogen-bond acceptors (Lipinski definition) is 4. The van der Waals surface area contributed by atoms with Gasteiger partial charge in [-0.1, -0.05) is 23.2 Å². The SMILES string of the molecule is C#CCN(CC#C)c1nc2ccc(OC(F)(F)F)cc2s1. The maximum Gasteiger partial charge on any atom is 0.573 e. The van der Waals surface area contributed by atoms with E-state index in [4.69, 9.17) is 12.8 Å². The van der Waals surface area contributed by atoms with Crippen molar-refractivity contribution >= 4 is 26.7 Å². The summed E-state index contributed by atoms with van der Waals surface area (Å²) in [6, 6.07) is 3.96. The molecular formula is C14H9F3N2OS. The van der Waals surface area contributed by atoms with Crippen molar-refractivity contribution in [1.82, 2.24) is 4.98 Å². The molecule has 0 fully saturated rings. The summed E-state index contributed by atoms with van der Waals surface area (Å²) in [5.41, 5.74) is 0.559. The van der Waals surface area contributed by atoms with E-state index < -0.39 is 6.36 Å². The Morgan fingerprint density at radius 2 is 1.90 bits per heavy atom. The number of anilines is 1. The lowest BCUT2D eigenvalue weighted by Crippen LogP contribution is -2.23. The minimum Gasteiger partial charge on any atom is -0.406 e. The molecular weight excluding hydrogens is 301 g/mol. The van der Waals surface area contributed by atoms with Gasteiger partial charge in [0.2, 0.25) is 0 Å². The zero-order valence-electron chi connectivity index (χ0n) is 10.6. The van der Waals surface area contributed by atoms with Crippen molar-refractivity contribution < 1.29 is 17.9 Å². The van der Waals surface area contributed by atoms with Crippen LogP contribution < -0.4 is 9.64 Å². The molecule has 0 bridgehead atoms. The molecule has 0 aliphatic rings. The second-order valence-corrected chi connectivity index (χ2v) is 4.95. The molecule has 1 aromatic heterocycles. The molecule has 0 aliphatic carbocycles. The number of nitrogens with zero attached hydrogens (tertiary/aromatic N) is 2.